The van der Waals surface area contributed by atoms with Gasteiger partial charge in [-0.25, -0.2) is 4.79 Å². The minimum atomic E-state index is -0.650. The van der Waals surface area contributed by atoms with Gasteiger partial charge in [0.15, 0.2) is 0 Å². The first kappa shape index (κ1) is 17.4. The largest absolute Gasteiger partial charge is 0.354 e. The second-order valence-electron chi connectivity index (χ2n) is 4.44. The van der Waals surface area contributed by atoms with Crippen molar-refractivity contribution in [3.63, 3.8) is 0 Å². The smallest absolute Gasteiger partial charge is 0.333 e. The highest BCUT2D eigenvalue weighted by molar-refractivity contribution is 7.75. The Bertz CT molecular complexity index is 399. The molecule has 0 unspecified atom stereocenters. The molecule has 1 saturated heterocycles. The normalized spacial score (nSPS) is 14.4. The van der Waals surface area contributed by atoms with Gasteiger partial charge in [-0.1, -0.05) is 0 Å². The number of nitrogens with one attached hydrogen (secondary N) is 1. The van der Waals surface area contributed by atoms with Crippen molar-refractivity contribution in [3.8, 4) is 0 Å². The van der Waals surface area contributed by atoms with E-state index in [4.69, 9.17) is 4.84 Å². The van der Waals surface area contributed by atoms with E-state index < -0.39 is 17.8 Å². The summed E-state index contributed by atoms with van der Waals surface area (Å²) in [5.74, 6) is -1.79. The zero-order valence-electron chi connectivity index (χ0n) is 11.5. The van der Waals surface area contributed by atoms with E-state index in [1.54, 1.807) is 0 Å². The predicted molar refractivity (Wildman–Crippen MR) is 73.6 cm³/mol. The van der Waals surface area contributed by atoms with Crippen LogP contribution in [0, 0.1) is 0 Å². The van der Waals surface area contributed by atoms with Gasteiger partial charge in [0.25, 0.3) is 11.8 Å². The van der Waals surface area contributed by atoms with Crippen LogP contribution in [0.3, 0.4) is 0 Å². The molecule has 0 bridgehead atoms. The molecule has 1 heterocycles. The van der Waals surface area contributed by atoms with E-state index >= 15 is 0 Å². The van der Waals surface area contributed by atoms with Crippen molar-refractivity contribution in [2.24, 2.45) is 0 Å². The molecule has 0 aromatic heterocycles. The molecule has 9 heteroatoms. The molecule has 1 rings (SSSR count). The van der Waals surface area contributed by atoms with Crippen molar-refractivity contribution in [1.82, 2.24) is 10.4 Å². The first-order valence-corrected chi connectivity index (χ1v) is 7.00. The van der Waals surface area contributed by atoms with Crippen LogP contribution in [0.25, 0.3) is 0 Å². The number of rotatable bonds is 9. The quantitative estimate of drug-likeness (QED) is 0.271. The Morgan fingerprint density at radius 1 is 1.14 bits per heavy atom. The molecule has 8 nitrogen and oxygen atoms in total. The molecule has 0 aromatic rings. The summed E-state index contributed by atoms with van der Waals surface area (Å²) in [6.45, 7) is 0.697. The highest BCUT2D eigenvalue weighted by Crippen LogP contribution is 2.13. The van der Waals surface area contributed by atoms with E-state index in [0.717, 1.165) is 0 Å². The Kier molecular flexibility index (Phi) is 7.76. The molecule has 118 valence electrons. The maximum Gasteiger partial charge on any atom is 0.333 e. The van der Waals surface area contributed by atoms with Gasteiger partial charge in [0.2, 0.25) is 5.91 Å². The number of thiol groups is 1. The van der Waals surface area contributed by atoms with Crippen LogP contribution in [0.2, 0.25) is 0 Å². The summed E-state index contributed by atoms with van der Waals surface area (Å²) in [5, 5.41) is 3.14. The first-order chi connectivity index (χ1) is 10.0. The third-order valence-electron chi connectivity index (χ3n) is 2.75. The molecule has 1 N–H and O–H groups in total. The van der Waals surface area contributed by atoms with Crippen molar-refractivity contribution < 1.29 is 28.2 Å². The van der Waals surface area contributed by atoms with Gasteiger partial charge in [0.1, 0.15) is 0 Å². The Morgan fingerprint density at radius 3 is 2.38 bits per heavy atom. The molecule has 0 aliphatic carbocycles. The average molecular weight is 318 g/mol. The number of amides is 3. The molecule has 21 heavy (non-hydrogen) atoms. The van der Waals surface area contributed by atoms with Crippen LogP contribution >= 0.6 is 12.9 Å². The highest BCUT2D eigenvalue weighted by Gasteiger charge is 2.32. The van der Waals surface area contributed by atoms with Gasteiger partial charge in [-0.15, -0.1) is 5.06 Å². The summed E-state index contributed by atoms with van der Waals surface area (Å²) in [6.07, 6.45) is 1.41. The third kappa shape index (κ3) is 6.58. The zero-order chi connectivity index (χ0) is 15.7. The van der Waals surface area contributed by atoms with Crippen molar-refractivity contribution >= 4 is 36.6 Å². The summed E-state index contributed by atoms with van der Waals surface area (Å²) in [5.41, 5.74) is 0. The Balaban J connectivity index is 2.09. The summed E-state index contributed by atoms with van der Waals surface area (Å²) >= 11 is 3.54. The number of unbranched alkanes of at least 4 members (excludes halogenated alkanes) is 1. The van der Waals surface area contributed by atoms with E-state index in [2.05, 4.69) is 22.4 Å². The number of nitrogens with zero attached hydrogens (tertiary/aromatic N) is 1. The minimum absolute atomic E-state index is 0.0457. The second-order valence-corrected chi connectivity index (χ2v) is 4.69. The number of carbonyl (C=O) groups is 4. The van der Waals surface area contributed by atoms with Gasteiger partial charge < -0.3 is 14.3 Å². The van der Waals surface area contributed by atoms with Gasteiger partial charge in [0.05, 0.1) is 6.61 Å². The van der Waals surface area contributed by atoms with E-state index in [-0.39, 0.29) is 31.6 Å². The van der Waals surface area contributed by atoms with E-state index in [1.165, 1.54) is 0 Å². The molecular weight excluding hydrogens is 300 g/mol. The molecule has 1 aliphatic rings. The fraction of sp³-hybridized carbons (Fsp3) is 0.667. The molecule has 0 saturated carbocycles. The monoisotopic (exact) mass is 318 g/mol. The lowest BCUT2D eigenvalue weighted by molar-refractivity contribution is -0.197. The Morgan fingerprint density at radius 2 is 1.76 bits per heavy atom. The molecule has 3 amide bonds. The SMILES string of the molecule is O=C(CCCCC(=O)ON1C(=O)CCC1=O)NCCOS. The number of carbonyl (C=O) groups excluding carboxylic acids is 4. The lowest BCUT2D eigenvalue weighted by Gasteiger charge is -2.12. The van der Waals surface area contributed by atoms with Crippen molar-refractivity contribution in [3.05, 3.63) is 0 Å². The zero-order valence-corrected chi connectivity index (χ0v) is 12.4. The summed E-state index contributed by atoms with van der Waals surface area (Å²) in [6, 6.07) is 0. The van der Waals surface area contributed by atoms with E-state index in [1.807, 2.05) is 0 Å². The van der Waals surface area contributed by atoms with Gasteiger partial charge >= 0.3 is 5.97 Å². The lowest BCUT2D eigenvalue weighted by Crippen LogP contribution is -2.32. The van der Waals surface area contributed by atoms with Gasteiger partial charge in [0, 0.05) is 32.2 Å². The fourth-order valence-corrected chi connectivity index (χ4v) is 1.78. The maximum absolute atomic E-state index is 11.5. The van der Waals surface area contributed by atoms with Crippen LogP contribution < -0.4 is 5.32 Å². The predicted octanol–water partition coefficient (Wildman–Crippen LogP) is 0.132. The topological polar surface area (TPSA) is 102 Å². The number of hydrogen-bond donors (Lipinski definition) is 2. The second kappa shape index (κ2) is 9.35. The number of imide groups is 1. The molecule has 0 atom stereocenters. The van der Waals surface area contributed by atoms with E-state index in [9.17, 15) is 19.2 Å². The van der Waals surface area contributed by atoms with Crippen LogP contribution in [0.1, 0.15) is 38.5 Å². The van der Waals surface area contributed by atoms with Crippen LogP contribution in [0.5, 0.6) is 0 Å². The van der Waals surface area contributed by atoms with Crippen LogP contribution in [0.4, 0.5) is 0 Å². The van der Waals surface area contributed by atoms with Crippen LogP contribution in [0.15, 0.2) is 0 Å². The summed E-state index contributed by atoms with van der Waals surface area (Å²) < 4.78 is 4.49. The summed E-state index contributed by atoms with van der Waals surface area (Å²) in [4.78, 5) is 49.9. The molecule has 1 fully saturated rings. The number of hydroxylamine groups is 2. The van der Waals surface area contributed by atoms with Gasteiger partial charge in [-0.3, -0.25) is 14.4 Å². The average Bonchev–Trinajstić information content (AvgIpc) is 2.76. The molecule has 0 radical (unpaired) electrons. The summed E-state index contributed by atoms with van der Waals surface area (Å²) in [7, 11) is 0. The van der Waals surface area contributed by atoms with Crippen molar-refractivity contribution in [2.45, 2.75) is 38.5 Å². The first-order valence-electron chi connectivity index (χ1n) is 6.64. The third-order valence-corrected chi connectivity index (χ3v) is 2.93. The van der Waals surface area contributed by atoms with Crippen LogP contribution in [-0.4, -0.2) is 41.9 Å². The Labute approximate surface area is 127 Å². The number of hydrogen-bond acceptors (Lipinski definition) is 7. The van der Waals surface area contributed by atoms with Crippen molar-refractivity contribution in [2.75, 3.05) is 13.2 Å². The molecule has 0 aromatic carbocycles. The fourth-order valence-electron chi connectivity index (χ4n) is 1.68. The minimum Gasteiger partial charge on any atom is -0.354 e. The van der Waals surface area contributed by atoms with Crippen LogP contribution in [-0.2, 0) is 28.2 Å². The van der Waals surface area contributed by atoms with E-state index in [0.29, 0.717) is 31.1 Å². The van der Waals surface area contributed by atoms with Gasteiger partial charge in [-0.2, -0.15) is 0 Å². The van der Waals surface area contributed by atoms with Gasteiger partial charge in [-0.05, 0) is 25.8 Å². The molecule has 1 aliphatic heterocycles. The lowest BCUT2D eigenvalue weighted by atomic mass is 10.2. The molecular formula is C12H18N2O6S. The van der Waals surface area contributed by atoms with Crippen molar-refractivity contribution in [1.29, 1.82) is 0 Å². The highest BCUT2D eigenvalue weighted by atomic mass is 32.1. The molecule has 0 spiro atoms. The standard InChI is InChI=1S/C12H18N2O6S/c15-9(13-7-8-19-21)3-1-2-4-12(18)20-14-10(16)5-6-11(14)17/h21H,1-8H2,(H,13,15). The Hall–Kier alpha value is -1.61. The maximum atomic E-state index is 11.5.